The van der Waals surface area contributed by atoms with Gasteiger partial charge >= 0.3 is 6.18 Å². The number of alkyl halides is 3. The number of hydrogen-bond acceptors (Lipinski definition) is 3. The molecule has 0 saturated heterocycles. The van der Waals surface area contributed by atoms with Crippen molar-refractivity contribution < 1.29 is 26.3 Å². The summed E-state index contributed by atoms with van der Waals surface area (Å²) in [5, 5.41) is 0. The number of benzene rings is 2. The highest BCUT2D eigenvalue weighted by molar-refractivity contribution is 9.10. The first-order chi connectivity index (χ1) is 11.1. The summed E-state index contributed by atoms with van der Waals surface area (Å²) in [7, 11) is -4.05. The predicted octanol–water partition coefficient (Wildman–Crippen LogP) is 4.67. The van der Waals surface area contributed by atoms with E-state index in [1.165, 1.54) is 24.3 Å². The minimum absolute atomic E-state index is 0.0196. The molecule has 0 unspecified atom stereocenters. The number of halogens is 4. The molecule has 0 aliphatic carbocycles. The molecule has 0 amide bonds. The zero-order valence-electron chi connectivity index (χ0n) is 12.4. The van der Waals surface area contributed by atoms with Crippen LogP contribution in [0.25, 0.3) is 0 Å². The van der Waals surface area contributed by atoms with Gasteiger partial charge in [0.15, 0.2) is 0 Å². The van der Waals surface area contributed by atoms with Crippen LogP contribution in [0.2, 0.25) is 0 Å². The Hall–Kier alpha value is -1.74. The molecule has 2 aromatic carbocycles. The molecule has 0 radical (unpaired) electrons. The van der Waals surface area contributed by atoms with Crippen molar-refractivity contribution in [3.05, 3.63) is 52.5 Å². The van der Waals surface area contributed by atoms with Gasteiger partial charge in [0.2, 0.25) is 0 Å². The van der Waals surface area contributed by atoms with Crippen molar-refractivity contribution in [1.29, 1.82) is 0 Å². The van der Waals surface area contributed by atoms with Crippen molar-refractivity contribution >= 4 is 31.6 Å². The van der Waals surface area contributed by atoms with E-state index in [9.17, 15) is 21.6 Å². The van der Waals surface area contributed by atoms with E-state index in [1.54, 1.807) is 6.92 Å². The Kier molecular flexibility index (Phi) is 5.44. The van der Waals surface area contributed by atoms with Crippen LogP contribution in [-0.4, -0.2) is 15.0 Å². The van der Waals surface area contributed by atoms with Crippen LogP contribution in [0, 0.1) is 0 Å². The lowest BCUT2D eigenvalue weighted by molar-refractivity contribution is -0.137. The average molecular weight is 424 g/mol. The molecule has 0 bridgehead atoms. The van der Waals surface area contributed by atoms with Gasteiger partial charge in [0.25, 0.3) is 10.0 Å². The second-order valence-corrected chi connectivity index (χ2v) is 7.30. The Labute approximate surface area is 145 Å². The predicted molar refractivity (Wildman–Crippen MR) is 87.6 cm³/mol. The van der Waals surface area contributed by atoms with Gasteiger partial charge in [-0.15, -0.1) is 0 Å². The molecule has 0 atom stereocenters. The van der Waals surface area contributed by atoms with Crippen LogP contribution < -0.4 is 9.46 Å². The van der Waals surface area contributed by atoms with Crippen LogP contribution >= 0.6 is 15.9 Å². The van der Waals surface area contributed by atoms with Gasteiger partial charge in [0, 0.05) is 4.47 Å². The highest BCUT2D eigenvalue weighted by atomic mass is 79.9. The highest BCUT2D eigenvalue weighted by Gasteiger charge is 2.31. The summed E-state index contributed by atoms with van der Waals surface area (Å²) in [5.41, 5.74) is -1.24. The molecule has 0 aliphatic heterocycles. The summed E-state index contributed by atoms with van der Waals surface area (Å²) in [5.74, 6) is 0.0196. The highest BCUT2D eigenvalue weighted by Crippen LogP contribution is 2.36. The van der Waals surface area contributed by atoms with E-state index >= 15 is 0 Å². The second kappa shape index (κ2) is 7.02. The maximum atomic E-state index is 12.9. The summed E-state index contributed by atoms with van der Waals surface area (Å²) in [6.07, 6.45) is -4.59. The Bertz CT molecular complexity index is 821. The van der Waals surface area contributed by atoms with Crippen LogP contribution in [0.4, 0.5) is 18.9 Å². The lowest BCUT2D eigenvalue weighted by atomic mass is 10.2. The number of hydrogen-bond donors (Lipinski definition) is 1. The van der Waals surface area contributed by atoms with Gasteiger partial charge in [0.05, 0.1) is 22.8 Å². The van der Waals surface area contributed by atoms with E-state index in [0.717, 1.165) is 12.1 Å². The van der Waals surface area contributed by atoms with Crippen LogP contribution in [0.1, 0.15) is 12.5 Å². The maximum Gasteiger partial charge on any atom is 0.416 e. The molecule has 0 aromatic heterocycles. The molecule has 0 spiro atoms. The third-order valence-electron chi connectivity index (χ3n) is 2.97. The molecule has 2 aromatic rings. The Morgan fingerprint density at radius 2 is 1.75 bits per heavy atom. The topological polar surface area (TPSA) is 55.4 Å². The third kappa shape index (κ3) is 4.41. The van der Waals surface area contributed by atoms with Crippen molar-refractivity contribution in [3.8, 4) is 5.75 Å². The van der Waals surface area contributed by atoms with Crippen LogP contribution in [0.3, 0.4) is 0 Å². The largest absolute Gasteiger partial charge is 0.492 e. The fourth-order valence-electron chi connectivity index (χ4n) is 1.88. The van der Waals surface area contributed by atoms with E-state index < -0.39 is 21.8 Å². The summed E-state index contributed by atoms with van der Waals surface area (Å²) in [6, 6.07) is 8.34. The second-order valence-electron chi connectivity index (χ2n) is 4.70. The molecule has 9 heteroatoms. The van der Waals surface area contributed by atoms with E-state index in [0.29, 0.717) is 10.5 Å². The molecule has 130 valence electrons. The first kappa shape index (κ1) is 18.6. The monoisotopic (exact) mass is 423 g/mol. The minimum atomic E-state index is -4.59. The lowest BCUT2D eigenvalue weighted by Gasteiger charge is -2.15. The van der Waals surface area contributed by atoms with E-state index in [4.69, 9.17) is 4.74 Å². The zero-order valence-corrected chi connectivity index (χ0v) is 14.8. The molecule has 1 N–H and O–H groups in total. The number of nitrogens with one attached hydrogen (secondary N) is 1. The van der Waals surface area contributed by atoms with E-state index in [-0.39, 0.29) is 22.9 Å². The summed E-state index contributed by atoms with van der Waals surface area (Å²) in [6.45, 7) is 1.82. The van der Waals surface area contributed by atoms with Crippen LogP contribution in [0.5, 0.6) is 5.75 Å². The number of ether oxygens (including phenoxy) is 1. The van der Waals surface area contributed by atoms with Crippen LogP contribution in [-0.2, 0) is 16.2 Å². The van der Waals surface area contributed by atoms with Gasteiger partial charge in [-0.25, -0.2) is 8.42 Å². The molecular formula is C15H13BrF3NO3S. The summed E-state index contributed by atoms with van der Waals surface area (Å²) >= 11 is 3.18. The van der Waals surface area contributed by atoms with Crippen molar-refractivity contribution in [1.82, 2.24) is 0 Å². The van der Waals surface area contributed by atoms with Crippen LogP contribution in [0.15, 0.2) is 51.8 Å². The molecule has 0 saturated carbocycles. The standard InChI is InChI=1S/C15H13BrF3NO3S/c1-2-23-14-8-3-10(15(17,18)19)9-13(14)20-24(21,22)12-6-4-11(16)5-7-12/h3-9,20H,2H2,1H3. The Balaban J connectivity index is 2.44. The van der Waals surface area contributed by atoms with E-state index in [2.05, 4.69) is 20.7 Å². The number of sulfonamides is 1. The fraction of sp³-hybridized carbons (Fsp3) is 0.200. The first-order valence-corrected chi connectivity index (χ1v) is 9.03. The molecule has 4 nitrogen and oxygen atoms in total. The van der Waals surface area contributed by atoms with Gasteiger partial charge in [-0.1, -0.05) is 15.9 Å². The van der Waals surface area contributed by atoms with Gasteiger partial charge in [-0.2, -0.15) is 13.2 Å². The molecule has 24 heavy (non-hydrogen) atoms. The SMILES string of the molecule is CCOc1ccc(C(F)(F)F)cc1NS(=O)(=O)c1ccc(Br)cc1. The quantitative estimate of drug-likeness (QED) is 0.760. The Morgan fingerprint density at radius 1 is 1.12 bits per heavy atom. The fourth-order valence-corrected chi connectivity index (χ4v) is 3.21. The lowest BCUT2D eigenvalue weighted by Crippen LogP contribution is -2.15. The van der Waals surface area contributed by atoms with Gasteiger partial charge in [-0.05, 0) is 49.4 Å². The smallest absolute Gasteiger partial charge is 0.416 e. The van der Waals surface area contributed by atoms with Crippen molar-refractivity contribution in [2.45, 2.75) is 18.0 Å². The summed E-state index contributed by atoms with van der Waals surface area (Å²) < 4.78 is 71.4. The molecular weight excluding hydrogens is 411 g/mol. The number of rotatable bonds is 5. The van der Waals surface area contributed by atoms with Crippen molar-refractivity contribution in [2.75, 3.05) is 11.3 Å². The molecule has 0 heterocycles. The minimum Gasteiger partial charge on any atom is -0.492 e. The molecule has 2 rings (SSSR count). The maximum absolute atomic E-state index is 12.9. The van der Waals surface area contributed by atoms with E-state index in [1.807, 2.05) is 0 Å². The normalized spacial score (nSPS) is 12.0. The molecule has 0 fully saturated rings. The van der Waals surface area contributed by atoms with Gasteiger partial charge in [0.1, 0.15) is 5.75 Å². The molecule has 0 aliphatic rings. The van der Waals surface area contributed by atoms with Gasteiger partial charge in [-0.3, -0.25) is 4.72 Å². The average Bonchev–Trinajstić information content (AvgIpc) is 2.48. The number of anilines is 1. The summed E-state index contributed by atoms with van der Waals surface area (Å²) in [4.78, 5) is -0.0782. The van der Waals surface area contributed by atoms with Gasteiger partial charge < -0.3 is 4.74 Å². The zero-order chi connectivity index (χ0) is 18.0. The van der Waals surface area contributed by atoms with Crippen molar-refractivity contribution in [2.24, 2.45) is 0 Å². The third-order valence-corrected chi connectivity index (χ3v) is 4.89. The van der Waals surface area contributed by atoms with Crippen molar-refractivity contribution in [3.63, 3.8) is 0 Å². The first-order valence-electron chi connectivity index (χ1n) is 6.76. The Morgan fingerprint density at radius 3 is 2.29 bits per heavy atom.